The molecule has 20 heavy (non-hydrogen) atoms. The molecule has 0 aliphatic rings. The number of ether oxygens (including phenoxy) is 1. The molecule has 2 aromatic rings. The van der Waals surface area contributed by atoms with Crippen molar-refractivity contribution in [2.45, 2.75) is 20.1 Å². The summed E-state index contributed by atoms with van der Waals surface area (Å²) in [5.41, 5.74) is 2.09. The first-order chi connectivity index (χ1) is 9.69. The van der Waals surface area contributed by atoms with Crippen molar-refractivity contribution in [1.82, 2.24) is 10.3 Å². The van der Waals surface area contributed by atoms with E-state index in [1.807, 2.05) is 30.3 Å². The minimum Gasteiger partial charge on any atom is -0.487 e. The lowest BCUT2D eigenvalue weighted by atomic mass is 10.2. The normalized spacial score (nSPS) is 10.6. The highest BCUT2D eigenvalue weighted by Crippen LogP contribution is 2.23. The van der Waals surface area contributed by atoms with Gasteiger partial charge in [0.15, 0.2) is 0 Å². The third-order valence-electron chi connectivity index (χ3n) is 2.76. The molecule has 0 unspecified atom stereocenters. The SMILES string of the molecule is CCNCc1cc(OCc2ccc(Br)cn2)ccc1Br. The molecule has 0 amide bonds. The molecule has 0 aliphatic heterocycles. The summed E-state index contributed by atoms with van der Waals surface area (Å²) in [5, 5.41) is 3.31. The van der Waals surface area contributed by atoms with Crippen molar-refractivity contribution in [2.24, 2.45) is 0 Å². The molecule has 0 aliphatic carbocycles. The predicted octanol–water partition coefficient (Wildman–Crippen LogP) is 4.30. The van der Waals surface area contributed by atoms with Crippen molar-refractivity contribution in [3.05, 3.63) is 56.7 Å². The van der Waals surface area contributed by atoms with E-state index in [1.54, 1.807) is 6.20 Å². The second-order valence-corrected chi connectivity index (χ2v) is 6.06. The van der Waals surface area contributed by atoms with Gasteiger partial charge in [0.25, 0.3) is 0 Å². The van der Waals surface area contributed by atoms with E-state index in [-0.39, 0.29) is 0 Å². The molecule has 2 rings (SSSR count). The van der Waals surface area contributed by atoms with Crippen LogP contribution in [0.1, 0.15) is 18.2 Å². The van der Waals surface area contributed by atoms with Gasteiger partial charge in [0, 0.05) is 21.7 Å². The van der Waals surface area contributed by atoms with Gasteiger partial charge in [-0.1, -0.05) is 22.9 Å². The van der Waals surface area contributed by atoms with Crippen molar-refractivity contribution in [3.63, 3.8) is 0 Å². The van der Waals surface area contributed by atoms with E-state index >= 15 is 0 Å². The molecule has 0 saturated heterocycles. The van der Waals surface area contributed by atoms with E-state index in [4.69, 9.17) is 4.74 Å². The Hall–Kier alpha value is -0.910. The van der Waals surface area contributed by atoms with E-state index in [1.165, 1.54) is 5.56 Å². The smallest absolute Gasteiger partial charge is 0.130 e. The standard InChI is InChI=1S/C15H16Br2N2O/c1-2-18-8-11-7-14(5-6-15(11)17)20-10-13-4-3-12(16)9-19-13/h3-7,9,18H,2,8,10H2,1H3. The van der Waals surface area contributed by atoms with Gasteiger partial charge in [-0.3, -0.25) is 4.98 Å². The molecule has 1 heterocycles. The fraction of sp³-hybridized carbons (Fsp3) is 0.267. The van der Waals surface area contributed by atoms with Crippen LogP contribution in [-0.2, 0) is 13.2 Å². The summed E-state index contributed by atoms with van der Waals surface area (Å²) in [6.45, 7) is 4.33. The van der Waals surface area contributed by atoms with Gasteiger partial charge in [-0.05, 0) is 58.4 Å². The minimum absolute atomic E-state index is 0.468. The molecule has 106 valence electrons. The lowest BCUT2D eigenvalue weighted by Gasteiger charge is -2.10. The summed E-state index contributed by atoms with van der Waals surface area (Å²) in [7, 11) is 0. The number of hydrogen-bond acceptors (Lipinski definition) is 3. The summed E-state index contributed by atoms with van der Waals surface area (Å²) in [6.07, 6.45) is 1.77. The lowest BCUT2D eigenvalue weighted by molar-refractivity contribution is 0.301. The first kappa shape index (κ1) is 15.5. The van der Waals surface area contributed by atoms with Crippen molar-refractivity contribution < 1.29 is 4.74 Å². The Morgan fingerprint density at radius 3 is 2.75 bits per heavy atom. The van der Waals surface area contributed by atoms with Crippen LogP contribution in [0.3, 0.4) is 0 Å². The van der Waals surface area contributed by atoms with Crippen LogP contribution in [-0.4, -0.2) is 11.5 Å². The van der Waals surface area contributed by atoms with Crippen LogP contribution >= 0.6 is 31.9 Å². The largest absolute Gasteiger partial charge is 0.487 e. The minimum atomic E-state index is 0.468. The number of pyridine rings is 1. The molecule has 5 heteroatoms. The average Bonchev–Trinajstić information content (AvgIpc) is 2.46. The van der Waals surface area contributed by atoms with E-state index in [0.29, 0.717) is 6.61 Å². The Balaban J connectivity index is 2.00. The maximum absolute atomic E-state index is 5.78. The number of aromatic nitrogens is 1. The monoisotopic (exact) mass is 398 g/mol. The molecule has 3 nitrogen and oxygen atoms in total. The molecule has 0 bridgehead atoms. The summed E-state index contributed by atoms with van der Waals surface area (Å²) >= 11 is 6.92. The van der Waals surface area contributed by atoms with Crippen LogP contribution in [0.15, 0.2) is 45.5 Å². The van der Waals surface area contributed by atoms with Gasteiger partial charge in [-0.15, -0.1) is 0 Å². The highest BCUT2D eigenvalue weighted by Gasteiger charge is 2.03. The van der Waals surface area contributed by atoms with Crippen molar-refractivity contribution in [1.29, 1.82) is 0 Å². The zero-order valence-corrected chi connectivity index (χ0v) is 14.4. The molecular weight excluding hydrogens is 384 g/mol. The van der Waals surface area contributed by atoms with Gasteiger partial charge in [-0.2, -0.15) is 0 Å². The predicted molar refractivity (Wildman–Crippen MR) is 87.8 cm³/mol. The highest BCUT2D eigenvalue weighted by atomic mass is 79.9. The van der Waals surface area contributed by atoms with E-state index < -0.39 is 0 Å². The van der Waals surface area contributed by atoms with Crippen LogP contribution in [0.5, 0.6) is 5.75 Å². The van der Waals surface area contributed by atoms with E-state index in [2.05, 4.69) is 49.1 Å². The number of rotatable bonds is 6. The van der Waals surface area contributed by atoms with Crippen LogP contribution in [0, 0.1) is 0 Å². The number of halogens is 2. The second kappa shape index (κ2) is 7.76. The van der Waals surface area contributed by atoms with Crippen LogP contribution in [0.25, 0.3) is 0 Å². The zero-order valence-electron chi connectivity index (χ0n) is 11.2. The third-order valence-corrected chi connectivity index (χ3v) is 4.00. The topological polar surface area (TPSA) is 34.1 Å². The molecule has 0 saturated carbocycles. The van der Waals surface area contributed by atoms with Gasteiger partial charge in [0.05, 0.1) is 5.69 Å². The highest BCUT2D eigenvalue weighted by molar-refractivity contribution is 9.10. The molecule has 0 radical (unpaired) electrons. The van der Waals surface area contributed by atoms with Crippen molar-refractivity contribution >= 4 is 31.9 Å². The summed E-state index contributed by atoms with van der Waals surface area (Å²) in [5.74, 6) is 0.853. The van der Waals surface area contributed by atoms with Crippen LogP contribution < -0.4 is 10.1 Å². The molecular formula is C15H16Br2N2O. The van der Waals surface area contributed by atoms with Gasteiger partial charge >= 0.3 is 0 Å². The third kappa shape index (κ3) is 4.58. The zero-order chi connectivity index (χ0) is 14.4. The average molecular weight is 400 g/mol. The van der Waals surface area contributed by atoms with Crippen molar-refractivity contribution in [2.75, 3.05) is 6.54 Å². The van der Waals surface area contributed by atoms with Crippen molar-refractivity contribution in [3.8, 4) is 5.75 Å². The Morgan fingerprint density at radius 1 is 1.20 bits per heavy atom. The fourth-order valence-corrected chi connectivity index (χ4v) is 2.31. The number of nitrogens with zero attached hydrogens (tertiary/aromatic N) is 1. The lowest BCUT2D eigenvalue weighted by Crippen LogP contribution is -2.12. The van der Waals surface area contributed by atoms with Crippen LogP contribution in [0.2, 0.25) is 0 Å². The van der Waals surface area contributed by atoms with Gasteiger partial charge < -0.3 is 10.1 Å². The van der Waals surface area contributed by atoms with E-state index in [0.717, 1.165) is 33.5 Å². The van der Waals surface area contributed by atoms with Gasteiger partial charge in [-0.25, -0.2) is 0 Å². The fourth-order valence-electron chi connectivity index (χ4n) is 1.69. The van der Waals surface area contributed by atoms with E-state index in [9.17, 15) is 0 Å². The summed E-state index contributed by atoms with van der Waals surface area (Å²) in [4.78, 5) is 4.29. The number of nitrogens with one attached hydrogen (secondary N) is 1. The maximum atomic E-state index is 5.78. The second-order valence-electron chi connectivity index (χ2n) is 4.29. The van der Waals surface area contributed by atoms with Crippen LogP contribution in [0.4, 0.5) is 0 Å². The number of hydrogen-bond donors (Lipinski definition) is 1. The molecule has 1 N–H and O–H groups in total. The first-order valence-electron chi connectivity index (χ1n) is 6.41. The maximum Gasteiger partial charge on any atom is 0.130 e. The Morgan fingerprint density at radius 2 is 2.05 bits per heavy atom. The Bertz CT molecular complexity index is 558. The Kier molecular flexibility index (Phi) is 6.01. The first-order valence-corrected chi connectivity index (χ1v) is 8.00. The summed E-state index contributed by atoms with van der Waals surface area (Å²) in [6, 6.07) is 9.92. The molecule has 1 aromatic heterocycles. The Labute approximate surface area is 136 Å². The molecule has 1 aromatic carbocycles. The molecule has 0 spiro atoms. The number of benzene rings is 1. The van der Waals surface area contributed by atoms with Gasteiger partial charge in [0.2, 0.25) is 0 Å². The quantitative estimate of drug-likeness (QED) is 0.786. The molecule has 0 fully saturated rings. The van der Waals surface area contributed by atoms with Gasteiger partial charge in [0.1, 0.15) is 12.4 Å². The molecule has 0 atom stereocenters. The summed E-state index contributed by atoms with van der Waals surface area (Å²) < 4.78 is 7.84.